The number of aromatic amines is 1. The Morgan fingerprint density at radius 3 is 2.67 bits per heavy atom. The molecule has 0 saturated carbocycles. The molecule has 0 aromatic carbocycles. The van der Waals surface area contributed by atoms with Crippen molar-refractivity contribution < 1.29 is 4.74 Å². The van der Waals surface area contributed by atoms with Crippen molar-refractivity contribution >= 4 is 0 Å². The second-order valence-electron chi connectivity index (χ2n) is 2.80. The SMILES string of the molecule is COc1c(C(C)C)nc[nH]c1=O. The lowest BCUT2D eigenvalue weighted by atomic mass is 10.1. The average molecular weight is 168 g/mol. The van der Waals surface area contributed by atoms with Crippen molar-refractivity contribution in [3.8, 4) is 5.75 Å². The van der Waals surface area contributed by atoms with Crippen LogP contribution < -0.4 is 10.3 Å². The van der Waals surface area contributed by atoms with Crippen LogP contribution in [-0.2, 0) is 0 Å². The number of nitrogens with one attached hydrogen (secondary N) is 1. The molecule has 1 aromatic rings. The number of ether oxygens (including phenoxy) is 1. The minimum Gasteiger partial charge on any atom is -0.490 e. The molecule has 1 heterocycles. The first-order valence-electron chi connectivity index (χ1n) is 3.78. The Bertz CT molecular complexity index is 317. The Morgan fingerprint density at radius 2 is 2.25 bits per heavy atom. The molecule has 0 spiro atoms. The highest BCUT2D eigenvalue weighted by atomic mass is 16.5. The number of hydrogen-bond donors (Lipinski definition) is 1. The highest BCUT2D eigenvalue weighted by molar-refractivity contribution is 5.25. The lowest BCUT2D eigenvalue weighted by molar-refractivity contribution is 0.397. The predicted octanol–water partition coefficient (Wildman–Crippen LogP) is 0.902. The van der Waals surface area contributed by atoms with E-state index in [1.165, 1.54) is 13.4 Å². The van der Waals surface area contributed by atoms with Crippen LogP contribution in [0.4, 0.5) is 0 Å². The molecule has 0 saturated heterocycles. The van der Waals surface area contributed by atoms with Gasteiger partial charge in [-0.3, -0.25) is 4.79 Å². The van der Waals surface area contributed by atoms with E-state index in [4.69, 9.17) is 4.74 Å². The summed E-state index contributed by atoms with van der Waals surface area (Å²) in [7, 11) is 1.47. The smallest absolute Gasteiger partial charge is 0.293 e. The summed E-state index contributed by atoms with van der Waals surface area (Å²) in [6.45, 7) is 3.93. The van der Waals surface area contributed by atoms with Gasteiger partial charge < -0.3 is 9.72 Å². The van der Waals surface area contributed by atoms with E-state index in [0.29, 0.717) is 11.4 Å². The molecule has 4 nitrogen and oxygen atoms in total. The number of rotatable bonds is 2. The molecule has 1 aromatic heterocycles. The number of aromatic nitrogens is 2. The molecular formula is C8H12N2O2. The second kappa shape index (κ2) is 3.38. The fourth-order valence-corrected chi connectivity index (χ4v) is 1.01. The van der Waals surface area contributed by atoms with Crippen molar-refractivity contribution in [1.29, 1.82) is 0 Å². The predicted molar refractivity (Wildman–Crippen MR) is 45.5 cm³/mol. The zero-order valence-electron chi connectivity index (χ0n) is 7.42. The van der Waals surface area contributed by atoms with Gasteiger partial charge in [-0.2, -0.15) is 0 Å². The standard InChI is InChI=1S/C8H12N2O2/c1-5(2)6-7(12-3)8(11)10-4-9-6/h4-5H,1-3H3,(H,9,10,11). The van der Waals surface area contributed by atoms with E-state index in [2.05, 4.69) is 9.97 Å². The van der Waals surface area contributed by atoms with E-state index in [0.717, 1.165) is 0 Å². The van der Waals surface area contributed by atoms with Gasteiger partial charge >= 0.3 is 0 Å². The maximum Gasteiger partial charge on any atom is 0.293 e. The van der Waals surface area contributed by atoms with E-state index in [1.807, 2.05) is 13.8 Å². The van der Waals surface area contributed by atoms with E-state index < -0.39 is 0 Å². The van der Waals surface area contributed by atoms with E-state index >= 15 is 0 Å². The normalized spacial score (nSPS) is 10.3. The summed E-state index contributed by atoms with van der Waals surface area (Å²) in [5, 5.41) is 0. The van der Waals surface area contributed by atoms with Crippen molar-refractivity contribution in [2.45, 2.75) is 19.8 Å². The fourth-order valence-electron chi connectivity index (χ4n) is 1.01. The van der Waals surface area contributed by atoms with Gasteiger partial charge in [0.2, 0.25) is 5.75 Å². The van der Waals surface area contributed by atoms with Gasteiger partial charge in [0.25, 0.3) is 5.56 Å². The molecule has 0 fully saturated rings. The third kappa shape index (κ3) is 1.47. The Kier molecular flexibility index (Phi) is 2.47. The van der Waals surface area contributed by atoms with Crippen molar-refractivity contribution in [1.82, 2.24) is 9.97 Å². The van der Waals surface area contributed by atoms with Crippen LogP contribution in [0.2, 0.25) is 0 Å². The Balaban J connectivity index is 3.28. The maximum atomic E-state index is 11.2. The zero-order valence-corrected chi connectivity index (χ0v) is 7.42. The van der Waals surface area contributed by atoms with Crippen molar-refractivity contribution in [2.24, 2.45) is 0 Å². The summed E-state index contributed by atoms with van der Waals surface area (Å²) in [5.41, 5.74) is 0.470. The van der Waals surface area contributed by atoms with Crippen LogP contribution in [0, 0.1) is 0 Å². The van der Waals surface area contributed by atoms with Gasteiger partial charge in [-0.15, -0.1) is 0 Å². The molecule has 0 aliphatic carbocycles. The maximum absolute atomic E-state index is 11.2. The van der Waals surface area contributed by atoms with Gasteiger partial charge in [0.1, 0.15) is 0 Å². The van der Waals surface area contributed by atoms with Gasteiger partial charge in [0.15, 0.2) is 0 Å². The molecular weight excluding hydrogens is 156 g/mol. The molecule has 0 bridgehead atoms. The number of H-pyrrole nitrogens is 1. The lowest BCUT2D eigenvalue weighted by Gasteiger charge is -2.07. The number of hydrogen-bond acceptors (Lipinski definition) is 3. The van der Waals surface area contributed by atoms with E-state index in [9.17, 15) is 4.79 Å². The third-order valence-electron chi connectivity index (χ3n) is 1.59. The van der Waals surface area contributed by atoms with Crippen LogP contribution in [0.5, 0.6) is 5.75 Å². The molecule has 1 N–H and O–H groups in total. The Labute approximate surface area is 70.6 Å². The summed E-state index contributed by atoms with van der Waals surface area (Å²) in [5.74, 6) is 0.509. The largest absolute Gasteiger partial charge is 0.490 e. The molecule has 0 aliphatic rings. The molecule has 0 amide bonds. The van der Waals surface area contributed by atoms with Crippen LogP contribution in [0.15, 0.2) is 11.1 Å². The summed E-state index contributed by atoms with van der Waals surface area (Å²) in [6.07, 6.45) is 1.39. The van der Waals surface area contributed by atoms with Gasteiger partial charge in [-0.05, 0) is 5.92 Å². The van der Waals surface area contributed by atoms with Crippen molar-refractivity contribution in [3.63, 3.8) is 0 Å². The zero-order chi connectivity index (χ0) is 9.14. The van der Waals surface area contributed by atoms with Crippen LogP contribution in [-0.4, -0.2) is 17.1 Å². The van der Waals surface area contributed by atoms with Crippen molar-refractivity contribution in [2.75, 3.05) is 7.11 Å². The number of methoxy groups -OCH3 is 1. The van der Waals surface area contributed by atoms with E-state index in [1.54, 1.807) is 0 Å². The lowest BCUT2D eigenvalue weighted by Crippen LogP contribution is -2.13. The molecule has 4 heteroatoms. The minimum atomic E-state index is -0.226. The average Bonchev–Trinajstić information content (AvgIpc) is 2.03. The first kappa shape index (κ1) is 8.77. The molecule has 0 aliphatic heterocycles. The van der Waals surface area contributed by atoms with E-state index in [-0.39, 0.29) is 11.5 Å². The topological polar surface area (TPSA) is 55.0 Å². The summed E-state index contributed by atoms with van der Waals surface area (Å²) in [4.78, 5) is 17.6. The van der Waals surface area contributed by atoms with Gasteiger partial charge in [-0.25, -0.2) is 4.98 Å². The molecule has 0 atom stereocenters. The van der Waals surface area contributed by atoms with Crippen LogP contribution in [0.3, 0.4) is 0 Å². The quantitative estimate of drug-likeness (QED) is 0.713. The molecule has 66 valence electrons. The summed E-state index contributed by atoms with van der Waals surface area (Å²) < 4.78 is 4.93. The van der Waals surface area contributed by atoms with Gasteiger partial charge in [-0.1, -0.05) is 13.8 Å². The van der Waals surface area contributed by atoms with Crippen LogP contribution in [0.25, 0.3) is 0 Å². The second-order valence-corrected chi connectivity index (χ2v) is 2.80. The monoisotopic (exact) mass is 168 g/mol. The number of nitrogens with zero attached hydrogens (tertiary/aromatic N) is 1. The van der Waals surface area contributed by atoms with Crippen LogP contribution in [0.1, 0.15) is 25.5 Å². The van der Waals surface area contributed by atoms with Gasteiger partial charge in [0.05, 0.1) is 19.1 Å². The Hall–Kier alpha value is -1.32. The molecule has 0 unspecified atom stereocenters. The first-order chi connectivity index (χ1) is 5.66. The molecule has 1 rings (SSSR count). The highest BCUT2D eigenvalue weighted by Gasteiger charge is 2.11. The Morgan fingerprint density at radius 1 is 1.58 bits per heavy atom. The highest BCUT2D eigenvalue weighted by Crippen LogP contribution is 2.18. The fraction of sp³-hybridized carbons (Fsp3) is 0.500. The van der Waals surface area contributed by atoms with Crippen molar-refractivity contribution in [3.05, 3.63) is 22.4 Å². The first-order valence-corrected chi connectivity index (χ1v) is 3.78. The summed E-state index contributed by atoms with van der Waals surface area (Å²) in [6, 6.07) is 0. The molecule has 12 heavy (non-hydrogen) atoms. The van der Waals surface area contributed by atoms with Gasteiger partial charge in [0, 0.05) is 0 Å². The minimum absolute atomic E-state index is 0.197. The third-order valence-corrected chi connectivity index (χ3v) is 1.59. The molecule has 0 radical (unpaired) electrons. The summed E-state index contributed by atoms with van der Waals surface area (Å²) >= 11 is 0. The van der Waals surface area contributed by atoms with Crippen LogP contribution >= 0.6 is 0 Å².